The van der Waals surface area contributed by atoms with Crippen LogP contribution in [0.15, 0.2) is 42.6 Å². The number of nitrogens with zero attached hydrogens (tertiary/aromatic N) is 3. The molecule has 2 heterocycles. The van der Waals surface area contributed by atoms with E-state index in [1.165, 1.54) is 11.3 Å². The van der Waals surface area contributed by atoms with Crippen LogP contribution in [-0.2, 0) is 12.8 Å². The Labute approximate surface area is 215 Å². The molecular weight excluding hydrogens is 474 g/mol. The van der Waals surface area contributed by atoms with E-state index in [-0.39, 0.29) is 23.7 Å². The number of fused-ring (bicyclic) bond motifs is 1. The Bertz CT molecular complexity index is 1170. The van der Waals surface area contributed by atoms with Gasteiger partial charge in [0.2, 0.25) is 0 Å². The summed E-state index contributed by atoms with van der Waals surface area (Å²) in [5, 5.41) is 9.40. The maximum absolute atomic E-state index is 12.9. The standard InChI is InChI=1S/C26H33N7O2S/c1-33(2)15-7-11-19(30-25(35)32-26-31-21-10-5-6-12-23(21)36-26)17-13-14-22(28-16-17)24(34)29-20-9-4-3-8-18(20)27/h3-4,8-9,13-14,16,19H,5-7,10-12,15,27H2,1-2H3,(H,29,34)(H2,30,31,32,35). The van der Waals surface area contributed by atoms with Crippen molar-refractivity contribution in [3.63, 3.8) is 0 Å². The number of nitrogens with one attached hydrogen (secondary N) is 3. The second-order valence-electron chi connectivity index (χ2n) is 9.21. The zero-order chi connectivity index (χ0) is 25.5. The van der Waals surface area contributed by atoms with Crippen LogP contribution in [0.3, 0.4) is 0 Å². The fraction of sp³-hybridized carbons (Fsp3) is 0.385. The summed E-state index contributed by atoms with van der Waals surface area (Å²) in [6.07, 6.45) is 7.60. The maximum Gasteiger partial charge on any atom is 0.321 e. The number of benzene rings is 1. The molecule has 0 saturated heterocycles. The topological polar surface area (TPSA) is 125 Å². The molecular formula is C26H33N7O2S. The van der Waals surface area contributed by atoms with Gasteiger partial charge in [-0.2, -0.15) is 0 Å². The molecule has 2 aromatic heterocycles. The lowest BCUT2D eigenvalue weighted by molar-refractivity contribution is 0.102. The summed E-state index contributed by atoms with van der Waals surface area (Å²) in [7, 11) is 4.04. The summed E-state index contributed by atoms with van der Waals surface area (Å²) in [6.45, 7) is 0.894. The molecule has 190 valence electrons. The van der Waals surface area contributed by atoms with Crippen LogP contribution < -0.4 is 21.7 Å². The summed E-state index contributed by atoms with van der Waals surface area (Å²) in [4.78, 5) is 37.8. The fourth-order valence-corrected chi connectivity index (χ4v) is 5.22. The predicted octanol–water partition coefficient (Wildman–Crippen LogP) is 4.46. The van der Waals surface area contributed by atoms with Crippen LogP contribution in [-0.4, -0.2) is 47.4 Å². The lowest BCUT2D eigenvalue weighted by atomic mass is 10.0. The van der Waals surface area contributed by atoms with Crippen LogP contribution in [0.25, 0.3) is 0 Å². The van der Waals surface area contributed by atoms with Gasteiger partial charge in [-0.1, -0.05) is 18.2 Å². The Morgan fingerprint density at radius 3 is 2.64 bits per heavy atom. The maximum atomic E-state index is 12.9. The molecule has 4 rings (SSSR count). The first-order valence-electron chi connectivity index (χ1n) is 12.2. The molecule has 0 saturated carbocycles. The number of nitrogen functional groups attached to an aromatic ring is 1. The minimum atomic E-state index is -0.345. The van der Waals surface area contributed by atoms with Crippen molar-refractivity contribution in [2.75, 3.05) is 37.0 Å². The molecule has 1 aliphatic carbocycles. The molecule has 36 heavy (non-hydrogen) atoms. The monoisotopic (exact) mass is 507 g/mol. The van der Waals surface area contributed by atoms with Crippen LogP contribution in [0.4, 0.5) is 21.3 Å². The van der Waals surface area contributed by atoms with Gasteiger partial charge in [-0.3, -0.25) is 15.1 Å². The van der Waals surface area contributed by atoms with Gasteiger partial charge in [-0.15, -0.1) is 11.3 Å². The highest BCUT2D eigenvalue weighted by molar-refractivity contribution is 7.15. The number of urea groups is 1. The van der Waals surface area contributed by atoms with Gasteiger partial charge in [0, 0.05) is 11.1 Å². The number of amides is 3. The van der Waals surface area contributed by atoms with E-state index in [0.717, 1.165) is 49.9 Å². The average molecular weight is 508 g/mol. The number of nitrogens with two attached hydrogens (primary N) is 1. The second-order valence-corrected chi connectivity index (χ2v) is 10.3. The third kappa shape index (κ3) is 6.79. The molecule has 9 nitrogen and oxygen atoms in total. The number of aromatic nitrogens is 2. The molecule has 0 bridgehead atoms. The molecule has 3 aromatic rings. The molecule has 0 spiro atoms. The molecule has 0 aliphatic heterocycles. The predicted molar refractivity (Wildman–Crippen MR) is 144 cm³/mol. The number of anilines is 3. The van der Waals surface area contributed by atoms with Gasteiger partial charge in [-0.05, 0) is 82.9 Å². The van der Waals surface area contributed by atoms with Gasteiger partial charge in [0.1, 0.15) is 5.69 Å². The smallest absolute Gasteiger partial charge is 0.321 e. The van der Waals surface area contributed by atoms with E-state index in [2.05, 4.69) is 30.8 Å². The zero-order valence-electron chi connectivity index (χ0n) is 20.7. The van der Waals surface area contributed by atoms with Crippen molar-refractivity contribution in [3.8, 4) is 0 Å². The molecule has 5 N–H and O–H groups in total. The Balaban J connectivity index is 1.42. The average Bonchev–Trinajstić information content (AvgIpc) is 3.27. The largest absolute Gasteiger partial charge is 0.397 e. The van der Waals surface area contributed by atoms with Crippen molar-refractivity contribution >= 4 is 39.8 Å². The van der Waals surface area contributed by atoms with E-state index in [1.54, 1.807) is 47.9 Å². The SMILES string of the molecule is CN(C)CCCC(NC(=O)Nc1nc2c(s1)CCCC2)c1ccc(C(=O)Nc2ccccc2N)nc1. The van der Waals surface area contributed by atoms with E-state index in [4.69, 9.17) is 5.73 Å². The Morgan fingerprint density at radius 1 is 1.11 bits per heavy atom. The summed E-state index contributed by atoms with van der Waals surface area (Å²) in [6, 6.07) is 10.0. The molecule has 1 aliphatic rings. The molecule has 1 aromatic carbocycles. The highest BCUT2D eigenvalue weighted by atomic mass is 32.1. The molecule has 10 heteroatoms. The number of rotatable bonds is 9. The number of hydrogen-bond donors (Lipinski definition) is 4. The molecule has 1 atom stereocenters. The molecule has 1 unspecified atom stereocenters. The van der Waals surface area contributed by atoms with Gasteiger partial charge in [0.15, 0.2) is 5.13 Å². The van der Waals surface area contributed by atoms with Gasteiger partial charge in [0.25, 0.3) is 5.91 Å². The first-order chi connectivity index (χ1) is 17.4. The first-order valence-corrected chi connectivity index (χ1v) is 13.0. The highest BCUT2D eigenvalue weighted by Gasteiger charge is 2.20. The van der Waals surface area contributed by atoms with Gasteiger partial charge in [-0.25, -0.2) is 9.78 Å². The summed E-state index contributed by atoms with van der Waals surface area (Å²) in [5.74, 6) is -0.345. The van der Waals surface area contributed by atoms with E-state index in [0.29, 0.717) is 16.5 Å². The van der Waals surface area contributed by atoms with Gasteiger partial charge < -0.3 is 21.3 Å². The number of hydrogen-bond acceptors (Lipinski definition) is 7. The number of thiazole rings is 1. The van der Waals surface area contributed by atoms with Crippen LogP contribution in [0.2, 0.25) is 0 Å². The Kier molecular flexibility index (Phi) is 8.50. The fourth-order valence-electron chi connectivity index (χ4n) is 4.17. The Morgan fingerprint density at radius 2 is 1.92 bits per heavy atom. The lowest BCUT2D eigenvalue weighted by Gasteiger charge is -2.20. The van der Waals surface area contributed by atoms with Gasteiger partial charge in [0.05, 0.1) is 23.1 Å². The minimum Gasteiger partial charge on any atom is -0.397 e. The van der Waals surface area contributed by atoms with Crippen molar-refractivity contribution in [1.29, 1.82) is 0 Å². The third-order valence-corrected chi connectivity index (χ3v) is 7.17. The number of carbonyl (C=O) groups is 2. The van der Waals surface area contributed by atoms with Crippen molar-refractivity contribution in [3.05, 3.63) is 64.4 Å². The van der Waals surface area contributed by atoms with Crippen LogP contribution in [0, 0.1) is 0 Å². The van der Waals surface area contributed by atoms with Crippen LogP contribution in [0.1, 0.15) is 58.3 Å². The summed E-state index contributed by atoms with van der Waals surface area (Å²) < 4.78 is 0. The van der Waals surface area contributed by atoms with E-state index in [9.17, 15) is 9.59 Å². The molecule has 0 fully saturated rings. The van der Waals surface area contributed by atoms with Crippen molar-refractivity contribution in [2.24, 2.45) is 0 Å². The quantitative estimate of drug-likeness (QED) is 0.317. The van der Waals surface area contributed by atoms with Crippen LogP contribution in [0.5, 0.6) is 0 Å². The van der Waals surface area contributed by atoms with E-state index in [1.807, 2.05) is 20.2 Å². The number of pyridine rings is 1. The summed E-state index contributed by atoms with van der Waals surface area (Å²) in [5.41, 5.74) is 9.16. The minimum absolute atomic E-state index is 0.256. The van der Waals surface area contributed by atoms with Crippen molar-refractivity contribution in [1.82, 2.24) is 20.2 Å². The highest BCUT2D eigenvalue weighted by Crippen LogP contribution is 2.29. The molecule has 3 amide bonds. The normalized spacial score (nSPS) is 13.6. The summed E-state index contributed by atoms with van der Waals surface area (Å²) >= 11 is 1.56. The number of para-hydroxylation sites is 2. The van der Waals surface area contributed by atoms with Crippen molar-refractivity contribution in [2.45, 2.75) is 44.6 Å². The molecule has 0 radical (unpaired) electrons. The van der Waals surface area contributed by atoms with Gasteiger partial charge >= 0.3 is 6.03 Å². The zero-order valence-corrected chi connectivity index (χ0v) is 21.5. The van der Waals surface area contributed by atoms with E-state index < -0.39 is 0 Å². The number of aryl methyl sites for hydroxylation is 2. The van der Waals surface area contributed by atoms with Crippen molar-refractivity contribution < 1.29 is 9.59 Å². The third-order valence-electron chi connectivity index (χ3n) is 6.10. The Hall–Kier alpha value is -3.50. The first kappa shape index (κ1) is 25.6. The number of carbonyl (C=O) groups excluding carboxylic acids is 2. The van der Waals surface area contributed by atoms with E-state index >= 15 is 0 Å². The lowest BCUT2D eigenvalue weighted by Crippen LogP contribution is -2.33. The van der Waals surface area contributed by atoms with Crippen LogP contribution >= 0.6 is 11.3 Å². The second kappa shape index (κ2) is 12.0.